The van der Waals surface area contributed by atoms with Crippen LogP contribution in [-0.2, 0) is 23.9 Å². The SMILES string of the molecule is CCCCCCCCCCCCCCCC(=O)NCC1CCCN1C(=O)CCNC(=O)C1OC(C)(C)OCC1(C)C. The molecule has 0 spiro atoms. The van der Waals surface area contributed by atoms with Gasteiger partial charge < -0.3 is 25.0 Å². The molecule has 0 aromatic rings. The van der Waals surface area contributed by atoms with Gasteiger partial charge in [0, 0.05) is 43.9 Å². The van der Waals surface area contributed by atoms with E-state index in [-0.39, 0.29) is 36.7 Å². The molecular weight excluding hydrogens is 518 g/mol. The van der Waals surface area contributed by atoms with Crippen LogP contribution in [0.4, 0.5) is 0 Å². The molecule has 8 nitrogen and oxygen atoms in total. The summed E-state index contributed by atoms with van der Waals surface area (Å²) in [6.45, 7) is 11.7. The van der Waals surface area contributed by atoms with E-state index in [1.54, 1.807) is 13.8 Å². The minimum Gasteiger partial charge on any atom is -0.354 e. The number of likely N-dealkylation sites (tertiary alicyclic amines) is 1. The zero-order valence-corrected chi connectivity index (χ0v) is 27.0. The quantitative estimate of drug-likeness (QED) is 0.166. The number of nitrogens with one attached hydrogen (secondary N) is 2. The maximum Gasteiger partial charge on any atom is 0.249 e. The molecule has 238 valence electrons. The molecule has 2 unspecified atom stereocenters. The Bertz CT molecular complexity index is 785. The third-order valence-electron chi connectivity index (χ3n) is 8.52. The van der Waals surface area contributed by atoms with Crippen LogP contribution in [0.25, 0.3) is 0 Å². The van der Waals surface area contributed by atoms with Crippen molar-refractivity contribution in [1.82, 2.24) is 15.5 Å². The standard InChI is InChI=1S/C33H61N3O5/c1-6-7-8-9-10-11-12-13-14-15-16-17-18-21-28(37)35-25-27-20-19-24-36(27)29(38)22-23-34-31(39)30-32(2,3)26-40-33(4,5)41-30/h27,30H,6-26H2,1-5H3,(H,34,39)(H,35,37). The van der Waals surface area contributed by atoms with Gasteiger partial charge in [-0.05, 0) is 33.1 Å². The highest BCUT2D eigenvalue weighted by atomic mass is 16.7. The van der Waals surface area contributed by atoms with Gasteiger partial charge >= 0.3 is 0 Å². The van der Waals surface area contributed by atoms with Crippen molar-refractivity contribution in [3.05, 3.63) is 0 Å². The van der Waals surface area contributed by atoms with E-state index in [0.717, 1.165) is 25.7 Å². The number of hydrogen-bond acceptors (Lipinski definition) is 5. The van der Waals surface area contributed by atoms with Crippen LogP contribution in [0.15, 0.2) is 0 Å². The molecule has 2 rings (SSSR count). The summed E-state index contributed by atoms with van der Waals surface area (Å²) in [6.07, 6.45) is 18.8. The second-order valence-corrected chi connectivity index (χ2v) is 13.4. The lowest BCUT2D eigenvalue weighted by Crippen LogP contribution is -2.56. The molecule has 8 heteroatoms. The van der Waals surface area contributed by atoms with Crippen molar-refractivity contribution in [2.45, 2.75) is 162 Å². The molecule has 2 atom stereocenters. The zero-order chi connectivity index (χ0) is 30.1. The molecule has 3 amide bonds. The molecule has 2 aliphatic rings. The van der Waals surface area contributed by atoms with Gasteiger partial charge in [-0.2, -0.15) is 0 Å². The van der Waals surface area contributed by atoms with Crippen LogP contribution in [0, 0.1) is 5.41 Å². The summed E-state index contributed by atoms with van der Waals surface area (Å²) in [5, 5.41) is 5.94. The van der Waals surface area contributed by atoms with Gasteiger partial charge in [-0.1, -0.05) is 97.8 Å². The molecular formula is C33H61N3O5. The van der Waals surface area contributed by atoms with E-state index in [1.165, 1.54) is 70.6 Å². The summed E-state index contributed by atoms with van der Waals surface area (Å²) >= 11 is 0. The predicted octanol–water partition coefficient (Wildman–Crippen LogP) is 6.26. The van der Waals surface area contributed by atoms with E-state index >= 15 is 0 Å². The van der Waals surface area contributed by atoms with Crippen LogP contribution in [0.3, 0.4) is 0 Å². The zero-order valence-electron chi connectivity index (χ0n) is 27.0. The van der Waals surface area contributed by atoms with Gasteiger partial charge in [0.25, 0.3) is 0 Å². The first-order valence-electron chi connectivity index (χ1n) is 16.7. The predicted molar refractivity (Wildman–Crippen MR) is 164 cm³/mol. The second kappa shape index (κ2) is 18.8. The lowest BCUT2D eigenvalue weighted by molar-refractivity contribution is -0.304. The fourth-order valence-electron chi connectivity index (χ4n) is 5.85. The molecule has 0 aromatic carbocycles. The minimum absolute atomic E-state index is 0.0195. The van der Waals surface area contributed by atoms with Crippen molar-refractivity contribution in [3.8, 4) is 0 Å². The summed E-state index contributed by atoms with van der Waals surface area (Å²) < 4.78 is 11.6. The Labute approximate surface area is 250 Å². The number of amides is 3. The van der Waals surface area contributed by atoms with Crippen LogP contribution >= 0.6 is 0 Å². The molecule has 0 bridgehead atoms. The molecule has 2 fully saturated rings. The summed E-state index contributed by atoms with van der Waals surface area (Å²) in [4.78, 5) is 40.0. The van der Waals surface area contributed by atoms with Crippen LogP contribution < -0.4 is 10.6 Å². The molecule has 2 aliphatic heterocycles. The van der Waals surface area contributed by atoms with Crippen LogP contribution in [-0.4, -0.2) is 66.8 Å². The van der Waals surface area contributed by atoms with Gasteiger partial charge in [0.15, 0.2) is 5.79 Å². The number of unbranched alkanes of at least 4 members (excludes halogenated alkanes) is 12. The average molecular weight is 580 g/mol. The molecule has 2 saturated heterocycles. The largest absolute Gasteiger partial charge is 0.354 e. The second-order valence-electron chi connectivity index (χ2n) is 13.4. The van der Waals surface area contributed by atoms with E-state index in [0.29, 0.717) is 26.1 Å². The number of hydrogen-bond donors (Lipinski definition) is 2. The van der Waals surface area contributed by atoms with Crippen molar-refractivity contribution in [2.24, 2.45) is 5.41 Å². The fraction of sp³-hybridized carbons (Fsp3) is 0.909. The summed E-state index contributed by atoms with van der Waals surface area (Å²) in [7, 11) is 0. The maximum absolute atomic E-state index is 12.9. The molecule has 41 heavy (non-hydrogen) atoms. The van der Waals surface area contributed by atoms with Gasteiger partial charge in [0.05, 0.1) is 6.61 Å². The Morgan fingerprint density at radius 2 is 1.39 bits per heavy atom. The fourth-order valence-corrected chi connectivity index (χ4v) is 5.85. The van der Waals surface area contributed by atoms with Crippen molar-refractivity contribution >= 4 is 17.7 Å². The lowest BCUT2D eigenvalue weighted by Gasteiger charge is -2.44. The Hall–Kier alpha value is -1.67. The highest BCUT2D eigenvalue weighted by molar-refractivity contribution is 5.83. The van der Waals surface area contributed by atoms with E-state index in [9.17, 15) is 14.4 Å². The Morgan fingerprint density at radius 1 is 0.805 bits per heavy atom. The van der Waals surface area contributed by atoms with Gasteiger partial charge in [-0.25, -0.2) is 0 Å². The number of nitrogens with zero attached hydrogens (tertiary/aromatic N) is 1. The Kier molecular flexibility index (Phi) is 16.3. The topological polar surface area (TPSA) is 97.0 Å². The van der Waals surface area contributed by atoms with Crippen LogP contribution in [0.5, 0.6) is 0 Å². The number of rotatable bonds is 20. The van der Waals surface area contributed by atoms with Crippen LogP contribution in [0.1, 0.15) is 144 Å². The molecule has 0 radical (unpaired) electrons. The summed E-state index contributed by atoms with van der Waals surface area (Å²) in [5.41, 5.74) is -0.450. The first-order chi connectivity index (χ1) is 19.6. The van der Waals surface area contributed by atoms with Crippen molar-refractivity contribution in [2.75, 3.05) is 26.2 Å². The summed E-state index contributed by atoms with van der Waals surface area (Å²) in [5.74, 6) is -0.919. The third-order valence-corrected chi connectivity index (χ3v) is 8.52. The van der Waals surface area contributed by atoms with Gasteiger partial charge in [0.2, 0.25) is 17.7 Å². The van der Waals surface area contributed by atoms with Gasteiger partial charge in [-0.15, -0.1) is 0 Å². The third kappa shape index (κ3) is 13.9. The van der Waals surface area contributed by atoms with E-state index < -0.39 is 17.3 Å². The lowest BCUT2D eigenvalue weighted by atomic mass is 9.85. The molecule has 0 saturated carbocycles. The molecule has 2 N–H and O–H groups in total. The van der Waals surface area contributed by atoms with Gasteiger partial charge in [0.1, 0.15) is 6.10 Å². The monoisotopic (exact) mass is 579 g/mol. The Balaban J connectivity index is 1.53. The van der Waals surface area contributed by atoms with Crippen molar-refractivity contribution in [1.29, 1.82) is 0 Å². The smallest absolute Gasteiger partial charge is 0.249 e. The minimum atomic E-state index is -0.812. The number of ether oxygens (including phenoxy) is 2. The maximum atomic E-state index is 12.9. The highest BCUT2D eigenvalue weighted by Gasteiger charge is 2.45. The van der Waals surface area contributed by atoms with Gasteiger partial charge in [-0.3, -0.25) is 14.4 Å². The Morgan fingerprint density at radius 3 is 2.00 bits per heavy atom. The van der Waals surface area contributed by atoms with Crippen LogP contribution in [0.2, 0.25) is 0 Å². The van der Waals surface area contributed by atoms with Crippen molar-refractivity contribution < 1.29 is 23.9 Å². The summed E-state index contributed by atoms with van der Waals surface area (Å²) in [6, 6.07) is 0.0346. The average Bonchev–Trinajstić information content (AvgIpc) is 3.40. The first-order valence-corrected chi connectivity index (χ1v) is 16.7. The molecule has 0 aliphatic carbocycles. The molecule has 0 aromatic heterocycles. The van der Waals surface area contributed by atoms with E-state index in [4.69, 9.17) is 9.47 Å². The number of carbonyl (C=O) groups is 3. The van der Waals surface area contributed by atoms with Crippen molar-refractivity contribution in [3.63, 3.8) is 0 Å². The van der Waals surface area contributed by atoms with E-state index in [2.05, 4.69) is 17.6 Å². The highest BCUT2D eigenvalue weighted by Crippen LogP contribution is 2.34. The number of carbonyl (C=O) groups excluding carboxylic acids is 3. The first kappa shape index (κ1) is 35.5. The normalized spacial score (nSPS) is 21.5. The molecule has 2 heterocycles. The van der Waals surface area contributed by atoms with E-state index in [1.807, 2.05) is 18.7 Å².